The van der Waals surface area contributed by atoms with Gasteiger partial charge in [0.1, 0.15) is 5.69 Å². The third-order valence-corrected chi connectivity index (χ3v) is 3.69. The highest BCUT2D eigenvalue weighted by Gasteiger charge is 2.21. The molecule has 0 saturated carbocycles. The van der Waals surface area contributed by atoms with E-state index in [0.29, 0.717) is 17.3 Å². The Kier molecular flexibility index (Phi) is 3.52. The van der Waals surface area contributed by atoms with Gasteiger partial charge in [-0.15, -0.1) is 0 Å². The predicted molar refractivity (Wildman–Crippen MR) is 77.3 cm³/mol. The maximum absolute atomic E-state index is 11.6. The van der Waals surface area contributed by atoms with Crippen LogP contribution in [0.1, 0.15) is 29.2 Å². The lowest BCUT2D eigenvalue weighted by molar-refractivity contribution is 0.100. The van der Waals surface area contributed by atoms with Gasteiger partial charge in [-0.1, -0.05) is 30.3 Å². The van der Waals surface area contributed by atoms with Crippen LogP contribution in [0.15, 0.2) is 36.5 Å². The average Bonchev–Trinajstić information content (AvgIpc) is 2.94. The molecular formula is C15H18N4O. The van der Waals surface area contributed by atoms with E-state index in [1.54, 1.807) is 6.20 Å². The van der Waals surface area contributed by atoms with E-state index in [1.807, 2.05) is 35.0 Å². The van der Waals surface area contributed by atoms with Gasteiger partial charge in [-0.2, -0.15) is 5.10 Å². The molecule has 104 valence electrons. The molecule has 0 radical (unpaired) electrons. The second-order valence-electron chi connectivity index (χ2n) is 5.10. The van der Waals surface area contributed by atoms with Gasteiger partial charge in [-0.25, -0.2) is 0 Å². The first-order valence-corrected chi connectivity index (χ1v) is 6.91. The van der Waals surface area contributed by atoms with Gasteiger partial charge in [0.05, 0.1) is 11.6 Å². The van der Waals surface area contributed by atoms with Crippen LogP contribution in [-0.2, 0) is 0 Å². The fourth-order valence-electron chi connectivity index (χ4n) is 2.63. The van der Waals surface area contributed by atoms with Crippen molar-refractivity contribution < 1.29 is 4.79 Å². The number of hydrogen-bond donors (Lipinski definition) is 2. The van der Waals surface area contributed by atoms with Crippen LogP contribution in [0.2, 0.25) is 0 Å². The van der Waals surface area contributed by atoms with Crippen molar-refractivity contribution in [2.45, 2.75) is 18.9 Å². The van der Waals surface area contributed by atoms with Crippen LogP contribution in [0.25, 0.3) is 11.3 Å². The Morgan fingerprint density at radius 2 is 2.15 bits per heavy atom. The number of carbonyl (C=O) groups is 1. The summed E-state index contributed by atoms with van der Waals surface area (Å²) in [6.07, 6.45) is 3.97. The highest BCUT2D eigenvalue weighted by molar-refractivity contribution is 5.98. The van der Waals surface area contributed by atoms with E-state index in [-0.39, 0.29) is 0 Å². The van der Waals surface area contributed by atoms with Crippen LogP contribution in [0.5, 0.6) is 0 Å². The molecule has 2 aromatic rings. The average molecular weight is 270 g/mol. The molecule has 1 atom stereocenters. The molecule has 0 bridgehead atoms. The second-order valence-corrected chi connectivity index (χ2v) is 5.10. The molecule has 1 fully saturated rings. The summed E-state index contributed by atoms with van der Waals surface area (Å²) in [7, 11) is 0. The van der Waals surface area contributed by atoms with E-state index in [9.17, 15) is 4.79 Å². The number of nitrogens with two attached hydrogens (primary N) is 1. The third kappa shape index (κ3) is 2.44. The Morgan fingerprint density at radius 3 is 2.80 bits per heavy atom. The molecule has 0 aliphatic carbocycles. The number of primary amides is 1. The highest BCUT2D eigenvalue weighted by atomic mass is 16.1. The zero-order chi connectivity index (χ0) is 13.9. The molecule has 1 aliphatic heterocycles. The number of piperidine rings is 1. The predicted octanol–water partition coefficient (Wildman–Crippen LogP) is 1.57. The number of rotatable bonds is 3. The van der Waals surface area contributed by atoms with E-state index in [0.717, 1.165) is 31.5 Å². The first-order valence-electron chi connectivity index (χ1n) is 6.91. The Labute approximate surface area is 117 Å². The van der Waals surface area contributed by atoms with Gasteiger partial charge in [0.15, 0.2) is 0 Å². The Hall–Kier alpha value is -2.14. The van der Waals surface area contributed by atoms with Gasteiger partial charge in [0.2, 0.25) is 0 Å². The molecular weight excluding hydrogens is 252 g/mol. The third-order valence-electron chi connectivity index (χ3n) is 3.69. The minimum atomic E-state index is -0.432. The number of amides is 1. The molecule has 20 heavy (non-hydrogen) atoms. The van der Waals surface area contributed by atoms with Gasteiger partial charge in [0.25, 0.3) is 5.91 Å². The minimum absolute atomic E-state index is 0.291. The van der Waals surface area contributed by atoms with Crippen molar-refractivity contribution in [1.29, 1.82) is 0 Å². The van der Waals surface area contributed by atoms with Crippen LogP contribution in [-0.4, -0.2) is 28.8 Å². The maximum Gasteiger partial charge on any atom is 0.252 e. The van der Waals surface area contributed by atoms with Crippen LogP contribution in [0.4, 0.5) is 0 Å². The van der Waals surface area contributed by atoms with Crippen molar-refractivity contribution in [2.75, 3.05) is 13.1 Å². The zero-order valence-corrected chi connectivity index (χ0v) is 11.2. The van der Waals surface area contributed by atoms with Crippen LogP contribution in [0, 0.1) is 0 Å². The summed E-state index contributed by atoms with van der Waals surface area (Å²) in [6, 6.07) is 9.98. The summed E-state index contributed by atoms with van der Waals surface area (Å²) in [4.78, 5) is 11.6. The molecule has 1 unspecified atom stereocenters. The molecule has 1 aliphatic rings. The second kappa shape index (κ2) is 5.46. The Morgan fingerprint density at radius 1 is 1.35 bits per heavy atom. The quantitative estimate of drug-likeness (QED) is 0.889. The standard InChI is InChI=1S/C15H18N4O/c16-15(20)13-10-19(12-7-4-8-17-9-12)18-14(13)11-5-2-1-3-6-11/h1-3,5-6,10,12,17H,4,7-9H2,(H2,16,20). The highest BCUT2D eigenvalue weighted by Crippen LogP contribution is 2.25. The normalized spacial score (nSPS) is 18.9. The first kappa shape index (κ1) is 12.9. The van der Waals surface area contributed by atoms with Crippen molar-refractivity contribution >= 4 is 5.91 Å². The summed E-state index contributed by atoms with van der Waals surface area (Å²) >= 11 is 0. The fraction of sp³-hybridized carbons (Fsp3) is 0.333. The van der Waals surface area contributed by atoms with Gasteiger partial charge >= 0.3 is 0 Å². The number of nitrogens with zero attached hydrogens (tertiary/aromatic N) is 2. The number of benzene rings is 1. The van der Waals surface area contributed by atoms with Crippen LogP contribution in [0.3, 0.4) is 0 Å². The van der Waals surface area contributed by atoms with Crippen molar-refractivity contribution in [3.05, 3.63) is 42.1 Å². The number of nitrogens with one attached hydrogen (secondary N) is 1. The molecule has 0 spiro atoms. The summed E-state index contributed by atoms with van der Waals surface area (Å²) in [6.45, 7) is 1.93. The Balaban J connectivity index is 2.00. The van der Waals surface area contributed by atoms with Gasteiger partial charge in [0, 0.05) is 18.3 Å². The molecule has 5 heteroatoms. The summed E-state index contributed by atoms with van der Waals surface area (Å²) < 4.78 is 1.88. The molecule has 3 rings (SSSR count). The zero-order valence-electron chi connectivity index (χ0n) is 11.2. The topological polar surface area (TPSA) is 72.9 Å². The molecule has 3 N–H and O–H groups in total. The van der Waals surface area contributed by atoms with Gasteiger partial charge < -0.3 is 11.1 Å². The molecule has 1 amide bonds. The fourth-order valence-corrected chi connectivity index (χ4v) is 2.63. The first-order chi connectivity index (χ1) is 9.75. The van der Waals surface area contributed by atoms with Crippen molar-refractivity contribution in [3.63, 3.8) is 0 Å². The van der Waals surface area contributed by atoms with E-state index < -0.39 is 5.91 Å². The van der Waals surface area contributed by atoms with E-state index in [4.69, 9.17) is 5.73 Å². The van der Waals surface area contributed by atoms with E-state index >= 15 is 0 Å². The van der Waals surface area contributed by atoms with Gasteiger partial charge in [-0.05, 0) is 19.4 Å². The minimum Gasteiger partial charge on any atom is -0.365 e. The summed E-state index contributed by atoms with van der Waals surface area (Å²) in [5.41, 5.74) is 7.56. The van der Waals surface area contributed by atoms with Crippen LogP contribution < -0.4 is 11.1 Å². The van der Waals surface area contributed by atoms with Crippen LogP contribution >= 0.6 is 0 Å². The largest absolute Gasteiger partial charge is 0.365 e. The van der Waals surface area contributed by atoms with Crippen molar-refractivity contribution in [2.24, 2.45) is 5.73 Å². The molecule has 5 nitrogen and oxygen atoms in total. The van der Waals surface area contributed by atoms with Crippen molar-refractivity contribution in [3.8, 4) is 11.3 Å². The summed E-state index contributed by atoms with van der Waals surface area (Å²) in [5.74, 6) is -0.432. The SMILES string of the molecule is NC(=O)c1cn(C2CCCNC2)nc1-c1ccccc1. The smallest absolute Gasteiger partial charge is 0.252 e. The summed E-state index contributed by atoms with van der Waals surface area (Å²) in [5, 5.41) is 7.96. The monoisotopic (exact) mass is 270 g/mol. The lowest BCUT2D eigenvalue weighted by Gasteiger charge is -2.22. The van der Waals surface area contributed by atoms with E-state index in [2.05, 4.69) is 10.4 Å². The van der Waals surface area contributed by atoms with E-state index in [1.165, 1.54) is 0 Å². The maximum atomic E-state index is 11.6. The number of hydrogen-bond acceptors (Lipinski definition) is 3. The van der Waals surface area contributed by atoms with Crippen molar-refractivity contribution in [1.82, 2.24) is 15.1 Å². The molecule has 1 saturated heterocycles. The Bertz CT molecular complexity index is 600. The number of aromatic nitrogens is 2. The van der Waals surface area contributed by atoms with Gasteiger partial charge in [-0.3, -0.25) is 9.48 Å². The molecule has 1 aromatic heterocycles. The lowest BCUT2D eigenvalue weighted by atomic mass is 10.1. The molecule has 1 aromatic carbocycles. The lowest BCUT2D eigenvalue weighted by Crippen LogP contribution is -2.31. The molecule has 2 heterocycles. The number of carbonyl (C=O) groups excluding carboxylic acids is 1.